The highest BCUT2D eigenvalue weighted by molar-refractivity contribution is 9.09. The van der Waals surface area contributed by atoms with Crippen LogP contribution in [-0.4, -0.2) is 10.7 Å². The van der Waals surface area contributed by atoms with Crippen molar-refractivity contribution in [1.29, 1.82) is 0 Å². The minimum absolute atomic E-state index is 0.666. The molecular weight excluding hydrogens is 292 g/mol. The molecule has 0 fully saturated rings. The van der Waals surface area contributed by atoms with E-state index in [1.807, 2.05) is 0 Å². The summed E-state index contributed by atoms with van der Waals surface area (Å²) < 4.78 is 0. The third-order valence-electron chi connectivity index (χ3n) is 2.14. The Labute approximate surface area is 97.0 Å². The van der Waals surface area contributed by atoms with Crippen LogP contribution in [0.1, 0.15) is 24.3 Å². The average molecular weight is 306 g/mol. The van der Waals surface area contributed by atoms with Gasteiger partial charge in [0.2, 0.25) is 0 Å². The van der Waals surface area contributed by atoms with Crippen molar-refractivity contribution in [1.82, 2.24) is 0 Å². The Kier molecular flexibility index (Phi) is 5.72. The Morgan fingerprint density at radius 2 is 1.77 bits per heavy atom. The first-order chi connectivity index (χ1) is 6.38. The maximum absolute atomic E-state index is 3.57. The van der Waals surface area contributed by atoms with E-state index in [1.165, 1.54) is 18.4 Å². The molecule has 0 aliphatic rings. The van der Waals surface area contributed by atoms with E-state index in [0.717, 1.165) is 10.7 Å². The summed E-state index contributed by atoms with van der Waals surface area (Å²) in [4.78, 5) is 0. The molecule has 1 aromatic carbocycles. The Morgan fingerprint density at radius 3 is 2.31 bits per heavy atom. The first-order valence-electron chi connectivity index (χ1n) is 4.55. The zero-order valence-electron chi connectivity index (χ0n) is 7.55. The summed E-state index contributed by atoms with van der Waals surface area (Å²) in [5.74, 6) is 0.666. The molecule has 0 aliphatic carbocycles. The predicted octanol–water partition coefficient (Wildman–Crippen LogP) is 4.34. The van der Waals surface area contributed by atoms with Crippen molar-refractivity contribution in [2.75, 3.05) is 10.7 Å². The molecule has 2 heteroatoms. The van der Waals surface area contributed by atoms with E-state index >= 15 is 0 Å². The second-order valence-corrected chi connectivity index (χ2v) is 4.53. The van der Waals surface area contributed by atoms with Gasteiger partial charge in [-0.3, -0.25) is 0 Å². The fraction of sp³-hybridized carbons (Fsp3) is 0.455. The fourth-order valence-electron chi connectivity index (χ4n) is 1.38. The van der Waals surface area contributed by atoms with Gasteiger partial charge in [-0.15, -0.1) is 0 Å². The zero-order chi connectivity index (χ0) is 9.52. The standard InChI is InChI=1S/C11H14Br2/c12-8-4-7-11(9-13)10-5-2-1-3-6-10/h1-3,5-6,11H,4,7-9H2. The second kappa shape index (κ2) is 6.61. The van der Waals surface area contributed by atoms with Gasteiger partial charge < -0.3 is 0 Å². The van der Waals surface area contributed by atoms with Gasteiger partial charge in [0, 0.05) is 10.7 Å². The summed E-state index contributed by atoms with van der Waals surface area (Å²) in [5, 5.41) is 2.16. The average Bonchev–Trinajstić information content (AvgIpc) is 2.21. The van der Waals surface area contributed by atoms with Crippen molar-refractivity contribution >= 4 is 31.9 Å². The summed E-state index contributed by atoms with van der Waals surface area (Å²) in [6.45, 7) is 0. The number of hydrogen-bond acceptors (Lipinski definition) is 0. The van der Waals surface area contributed by atoms with Gasteiger partial charge in [0.15, 0.2) is 0 Å². The Hall–Kier alpha value is 0.180. The molecule has 13 heavy (non-hydrogen) atoms. The van der Waals surface area contributed by atoms with E-state index in [2.05, 4.69) is 62.2 Å². The van der Waals surface area contributed by atoms with E-state index in [-0.39, 0.29) is 0 Å². The highest BCUT2D eigenvalue weighted by Crippen LogP contribution is 2.23. The number of benzene rings is 1. The van der Waals surface area contributed by atoms with E-state index in [4.69, 9.17) is 0 Å². The molecular formula is C11H14Br2. The topological polar surface area (TPSA) is 0 Å². The molecule has 0 saturated carbocycles. The molecule has 0 bridgehead atoms. The van der Waals surface area contributed by atoms with Crippen LogP contribution in [0.4, 0.5) is 0 Å². The molecule has 0 spiro atoms. The lowest BCUT2D eigenvalue weighted by atomic mass is 9.97. The van der Waals surface area contributed by atoms with E-state index < -0.39 is 0 Å². The van der Waals surface area contributed by atoms with E-state index in [9.17, 15) is 0 Å². The molecule has 0 amide bonds. The number of halogens is 2. The molecule has 1 rings (SSSR count). The summed E-state index contributed by atoms with van der Waals surface area (Å²) in [7, 11) is 0. The molecule has 0 heterocycles. The number of hydrogen-bond donors (Lipinski definition) is 0. The van der Waals surface area contributed by atoms with Crippen LogP contribution in [0, 0.1) is 0 Å². The Bertz CT molecular complexity index is 221. The van der Waals surface area contributed by atoms with Crippen molar-refractivity contribution in [3.05, 3.63) is 35.9 Å². The van der Waals surface area contributed by atoms with E-state index in [0.29, 0.717) is 5.92 Å². The van der Waals surface area contributed by atoms with Crippen LogP contribution in [0.2, 0.25) is 0 Å². The lowest BCUT2D eigenvalue weighted by molar-refractivity contribution is 0.683. The van der Waals surface area contributed by atoms with Gasteiger partial charge in [0.1, 0.15) is 0 Å². The number of alkyl halides is 2. The Balaban J connectivity index is 2.56. The van der Waals surface area contributed by atoms with Gasteiger partial charge in [0.25, 0.3) is 0 Å². The van der Waals surface area contributed by atoms with Crippen molar-refractivity contribution in [3.63, 3.8) is 0 Å². The number of rotatable bonds is 5. The second-order valence-electron chi connectivity index (χ2n) is 3.09. The monoisotopic (exact) mass is 304 g/mol. The largest absolute Gasteiger partial charge is 0.0928 e. The maximum atomic E-state index is 3.57. The first kappa shape index (κ1) is 11.3. The SMILES string of the molecule is BrCCCC(CBr)c1ccccc1. The van der Waals surface area contributed by atoms with Gasteiger partial charge in [-0.25, -0.2) is 0 Å². The molecule has 1 atom stereocenters. The van der Waals surface area contributed by atoms with Gasteiger partial charge >= 0.3 is 0 Å². The summed E-state index contributed by atoms with van der Waals surface area (Å²) in [5.41, 5.74) is 1.44. The molecule has 0 nitrogen and oxygen atoms in total. The van der Waals surface area contributed by atoms with Gasteiger partial charge in [0.05, 0.1) is 0 Å². The van der Waals surface area contributed by atoms with Crippen LogP contribution in [0.3, 0.4) is 0 Å². The molecule has 0 saturated heterocycles. The van der Waals surface area contributed by atoms with Crippen LogP contribution in [-0.2, 0) is 0 Å². The normalized spacial score (nSPS) is 12.8. The molecule has 0 radical (unpaired) electrons. The molecule has 0 aliphatic heterocycles. The third-order valence-corrected chi connectivity index (χ3v) is 3.49. The van der Waals surface area contributed by atoms with Crippen molar-refractivity contribution in [3.8, 4) is 0 Å². The lowest BCUT2D eigenvalue weighted by Gasteiger charge is -2.13. The van der Waals surface area contributed by atoms with Crippen molar-refractivity contribution in [2.45, 2.75) is 18.8 Å². The summed E-state index contributed by atoms with van der Waals surface area (Å²) in [6.07, 6.45) is 2.49. The van der Waals surface area contributed by atoms with Crippen LogP contribution in [0.15, 0.2) is 30.3 Å². The van der Waals surface area contributed by atoms with Crippen LogP contribution < -0.4 is 0 Å². The van der Waals surface area contributed by atoms with Crippen LogP contribution in [0.5, 0.6) is 0 Å². The predicted molar refractivity (Wildman–Crippen MR) is 66.0 cm³/mol. The smallest absolute Gasteiger partial charge is 0.0100 e. The van der Waals surface area contributed by atoms with Crippen LogP contribution in [0.25, 0.3) is 0 Å². The molecule has 72 valence electrons. The van der Waals surface area contributed by atoms with E-state index in [1.54, 1.807) is 0 Å². The van der Waals surface area contributed by atoms with Gasteiger partial charge in [-0.1, -0.05) is 62.2 Å². The molecule has 0 aromatic heterocycles. The summed E-state index contributed by atoms with van der Waals surface area (Å²) in [6, 6.07) is 10.7. The van der Waals surface area contributed by atoms with Gasteiger partial charge in [-0.05, 0) is 24.3 Å². The molecule has 1 unspecified atom stereocenters. The molecule has 0 N–H and O–H groups in total. The van der Waals surface area contributed by atoms with Crippen molar-refractivity contribution in [2.24, 2.45) is 0 Å². The maximum Gasteiger partial charge on any atom is 0.0100 e. The third kappa shape index (κ3) is 3.82. The van der Waals surface area contributed by atoms with Crippen LogP contribution >= 0.6 is 31.9 Å². The Morgan fingerprint density at radius 1 is 1.08 bits per heavy atom. The fourth-order valence-corrected chi connectivity index (χ4v) is 2.40. The van der Waals surface area contributed by atoms with Crippen molar-refractivity contribution < 1.29 is 0 Å². The lowest BCUT2D eigenvalue weighted by Crippen LogP contribution is -2.00. The molecule has 1 aromatic rings. The minimum Gasteiger partial charge on any atom is -0.0928 e. The highest BCUT2D eigenvalue weighted by atomic mass is 79.9. The quantitative estimate of drug-likeness (QED) is 0.710. The summed E-state index contributed by atoms with van der Waals surface area (Å²) >= 11 is 7.03. The highest BCUT2D eigenvalue weighted by Gasteiger charge is 2.08. The minimum atomic E-state index is 0.666. The first-order valence-corrected chi connectivity index (χ1v) is 6.79. The zero-order valence-corrected chi connectivity index (χ0v) is 10.7. The van der Waals surface area contributed by atoms with Gasteiger partial charge in [-0.2, -0.15) is 0 Å².